The van der Waals surface area contributed by atoms with E-state index in [2.05, 4.69) is 5.32 Å². The van der Waals surface area contributed by atoms with Crippen LogP contribution in [0.4, 0.5) is 5.69 Å². The molecule has 7 heteroatoms. The largest absolute Gasteiger partial charge is 0.494 e. The number of hydrogen-bond donors (Lipinski definition) is 1. The number of anilines is 1. The van der Waals surface area contributed by atoms with Crippen molar-refractivity contribution in [3.63, 3.8) is 0 Å². The second-order valence-corrected chi connectivity index (χ2v) is 6.99. The molecular formula is C25H19N3O4. The van der Waals surface area contributed by atoms with E-state index >= 15 is 0 Å². The molecule has 3 heterocycles. The van der Waals surface area contributed by atoms with Crippen molar-refractivity contribution in [2.45, 2.75) is 6.92 Å². The van der Waals surface area contributed by atoms with Gasteiger partial charge in [-0.05, 0) is 73.7 Å². The van der Waals surface area contributed by atoms with E-state index < -0.39 is 0 Å². The van der Waals surface area contributed by atoms with Gasteiger partial charge in [0.15, 0.2) is 11.5 Å². The Labute approximate surface area is 183 Å². The van der Waals surface area contributed by atoms with E-state index in [1.165, 1.54) is 0 Å². The maximum atomic E-state index is 12.8. The van der Waals surface area contributed by atoms with Crippen molar-refractivity contribution in [3.05, 3.63) is 84.8 Å². The van der Waals surface area contributed by atoms with Crippen LogP contribution in [0.3, 0.4) is 0 Å². The van der Waals surface area contributed by atoms with Crippen molar-refractivity contribution >= 4 is 22.6 Å². The number of carbonyl (C=O) groups is 1. The summed E-state index contributed by atoms with van der Waals surface area (Å²) in [5.41, 5.74) is 3.48. The Kier molecular flexibility index (Phi) is 5.13. The topological polar surface area (TPSA) is 90.4 Å². The Bertz CT molecular complexity index is 1360. The number of nitrogens with zero attached hydrogens (tertiary/aromatic N) is 2. The van der Waals surface area contributed by atoms with E-state index in [4.69, 9.17) is 23.5 Å². The van der Waals surface area contributed by atoms with Crippen LogP contribution in [-0.2, 0) is 0 Å². The number of nitrogens with one attached hydrogen (secondary N) is 1. The van der Waals surface area contributed by atoms with Gasteiger partial charge in [0.2, 0.25) is 0 Å². The Morgan fingerprint density at radius 2 is 1.53 bits per heavy atom. The quantitative estimate of drug-likeness (QED) is 0.370. The molecule has 0 spiro atoms. The van der Waals surface area contributed by atoms with E-state index in [9.17, 15) is 4.79 Å². The zero-order chi connectivity index (χ0) is 21.9. The van der Waals surface area contributed by atoms with E-state index in [1.54, 1.807) is 55.0 Å². The van der Waals surface area contributed by atoms with Crippen molar-refractivity contribution in [1.82, 2.24) is 9.97 Å². The smallest absolute Gasteiger partial charge is 0.255 e. The highest BCUT2D eigenvalue weighted by Crippen LogP contribution is 2.31. The predicted octanol–water partition coefficient (Wildman–Crippen LogP) is 5.80. The van der Waals surface area contributed by atoms with Crippen LogP contribution in [0.5, 0.6) is 5.75 Å². The summed E-state index contributed by atoms with van der Waals surface area (Å²) in [6, 6.07) is 19.6. The molecule has 5 rings (SSSR count). The van der Waals surface area contributed by atoms with Crippen molar-refractivity contribution in [2.24, 2.45) is 0 Å². The van der Waals surface area contributed by atoms with Gasteiger partial charge < -0.3 is 18.9 Å². The highest BCUT2D eigenvalue weighted by Gasteiger charge is 2.18. The maximum Gasteiger partial charge on any atom is 0.255 e. The van der Waals surface area contributed by atoms with Crippen LogP contribution < -0.4 is 10.1 Å². The second-order valence-electron chi connectivity index (χ2n) is 6.99. The number of rotatable bonds is 6. The fourth-order valence-electron chi connectivity index (χ4n) is 3.37. The maximum absolute atomic E-state index is 12.8. The molecule has 7 nitrogen and oxygen atoms in total. The van der Waals surface area contributed by atoms with Gasteiger partial charge in [0, 0.05) is 11.3 Å². The minimum atomic E-state index is -0.243. The standard InChI is InChI=1S/C25H19N3O4/c1-2-30-18-10-8-17(9-11-18)26-25(29)16-7-12-19-20(15-16)28-24(22-6-4-14-32-22)23(27-19)21-5-3-13-31-21/h3-15H,2H2,1H3,(H,26,29). The van der Waals surface area contributed by atoms with Crippen LogP contribution in [-0.4, -0.2) is 22.5 Å². The molecule has 32 heavy (non-hydrogen) atoms. The first kappa shape index (κ1) is 19.6. The molecule has 5 aromatic rings. The zero-order valence-corrected chi connectivity index (χ0v) is 17.2. The Balaban J connectivity index is 1.49. The number of ether oxygens (including phenoxy) is 1. The lowest BCUT2D eigenvalue weighted by Crippen LogP contribution is -2.12. The fourth-order valence-corrected chi connectivity index (χ4v) is 3.37. The van der Waals surface area contributed by atoms with Crippen LogP contribution >= 0.6 is 0 Å². The molecule has 0 saturated carbocycles. The van der Waals surface area contributed by atoms with Crippen molar-refractivity contribution in [1.29, 1.82) is 0 Å². The first-order valence-electron chi connectivity index (χ1n) is 10.1. The first-order chi connectivity index (χ1) is 15.7. The van der Waals surface area contributed by atoms with E-state index in [1.807, 2.05) is 31.2 Å². The zero-order valence-electron chi connectivity index (χ0n) is 17.2. The van der Waals surface area contributed by atoms with Gasteiger partial charge in [-0.1, -0.05) is 0 Å². The monoisotopic (exact) mass is 425 g/mol. The number of benzene rings is 2. The number of hydrogen-bond acceptors (Lipinski definition) is 6. The Morgan fingerprint density at radius 1 is 0.875 bits per heavy atom. The van der Waals surface area contributed by atoms with Gasteiger partial charge in [0.25, 0.3) is 5.91 Å². The number of amides is 1. The normalized spacial score (nSPS) is 10.9. The van der Waals surface area contributed by atoms with Crippen LogP contribution in [0.1, 0.15) is 17.3 Å². The summed E-state index contributed by atoms with van der Waals surface area (Å²) in [6.45, 7) is 2.51. The average Bonchev–Trinajstić information content (AvgIpc) is 3.54. The number of furan rings is 2. The van der Waals surface area contributed by atoms with E-state index in [0.717, 1.165) is 5.75 Å². The first-order valence-corrected chi connectivity index (χ1v) is 10.1. The summed E-state index contributed by atoms with van der Waals surface area (Å²) in [6.07, 6.45) is 3.16. The molecule has 0 aliphatic carbocycles. The fraction of sp³-hybridized carbons (Fsp3) is 0.0800. The van der Waals surface area contributed by atoms with Gasteiger partial charge in [-0.3, -0.25) is 4.79 Å². The molecule has 0 bridgehead atoms. The van der Waals surface area contributed by atoms with Gasteiger partial charge >= 0.3 is 0 Å². The van der Waals surface area contributed by atoms with Crippen LogP contribution in [0, 0.1) is 0 Å². The summed E-state index contributed by atoms with van der Waals surface area (Å²) < 4.78 is 16.5. The molecule has 158 valence electrons. The lowest BCUT2D eigenvalue weighted by molar-refractivity contribution is 0.102. The molecule has 0 aliphatic heterocycles. The molecule has 0 aliphatic rings. The molecule has 1 N–H and O–H groups in total. The Hall–Kier alpha value is -4.39. The molecule has 0 saturated heterocycles. The van der Waals surface area contributed by atoms with Gasteiger partial charge in [-0.15, -0.1) is 0 Å². The third-order valence-corrected chi connectivity index (χ3v) is 4.86. The van der Waals surface area contributed by atoms with Crippen LogP contribution in [0.25, 0.3) is 33.9 Å². The lowest BCUT2D eigenvalue weighted by Gasteiger charge is -2.09. The molecule has 1 amide bonds. The minimum absolute atomic E-state index is 0.243. The van der Waals surface area contributed by atoms with E-state index in [-0.39, 0.29) is 5.91 Å². The lowest BCUT2D eigenvalue weighted by atomic mass is 10.1. The van der Waals surface area contributed by atoms with Gasteiger partial charge in [-0.25, -0.2) is 9.97 Å². The summed E-state index contributed by atoms with van der Waals surface area (Å²) in [5, 5.41) is 2.89. The summed E-state index contributed by atoms with van der Waals surface area (Å²) in [7, 11) is 0. The Morgan fingerprint density at radius 3 is 2.12 bits per heavy atom. The summed E-state index contributed by atoms with van der Waals surface area (Å²) in [4.78, 5) is 22.3. The SMILES string of the molecule is CCOc1ccc(NC(=O)c2ccc3nc(-c4ccco4)c(-c4ccco4)nc3c2)cc1. The van der Waals surface area contributed by atoms with E-state index in [0.29, 0.717) is 51.8 Å². The molecule has 0 unspecified atom stereocenters. The average molecular weight is 425 g/mol. The number of fused-ring (bicyclic) bond motifs is 1. The highest BCUT2D eigenvalue weighted by molar-refractivity contribution is 6.06. The van der Waals surface area contributed by atoms with Crippen molar-refractivity contribution < 1.29 is 18.4 Å². The van der Waals surface area contributed by atoms with Gasteiger partial charge in [0.1, 0.15) is 17.1 Å². The predicted molar refractivity (Wildman–Crippen MR) is 121 cm³/mol. The molecular weight excluding hydrogens is 406 g/mol. The molecule has 0 atom stereocenters. The molecule has 0 radical (unpaired) electrons. The number of aromatic nitrogens is 2. The summed E-state index contributed by atoms with van der Waals surface area (Å²) >= 11 is 0. The minimum Gasteiger partial charge on any atom is -0.494 e. The van der Waals surface area contributed by atoms with Crippen LogP contribution in [0.2, 0.25) is 0 Å². The van der Waals surface area contributed by atoms with Crippen molar-refractivity contribution in [3.8, 4) is 28.7 Å². The molecule has 0 fully saturated rings. The third-order valence-electron chi connectivity index (χ3n) is 4.86. The number of carbonyl (C=O) groups excluding carboxylic acids is 1. The molecule has 2 aromatic carbocycles. The van der Waals surface area contributed by atoms with Gasteiger partial charge in [-0.2, -0.15) is 0 Å². The molecule has 3 aromatic heterocycles. The highest BCUT2D eigenvalue weighted by atomic mass is 16.5. The van der Waals surface area contributed by atoms with Crippen molar-refractivity contribution in [2.75, 3.05) is 11.9 Å². The van der Waals surface area contributed by atoms with Gasteiger partial charge in [0.05, 0.1) is 30.2 Å². The van der Waals surface area contributed by atoms with Crippen LogP contribution in [0.15, 0.2) is 88.1 Å². The summed E-state index contributed by atoms with van der Waals surface area (Å²) in [5.74, 6) is 1.66. The third kappa shape index (κ3) is 3.83. The second kappa shape index (κ2) is 8.39.